The van der Waals surface area contributed by atoms with Crippen LogP contribution < -0.4 is 10.7 Å². The van der Waals surface area contributed by atoms with Crippen molar-refractivity contribution in [1.82, 2.24) is 20.5 Å². The Balaban J connectivity index is 1.60. The summed E-state index contributed by atoms with van der Waals surface area (Å²) in [5.74, 6) is 1.23. The second-order valence-corrected chi connectivity index (χ2v) is 8.32. The van der Waals surface area contributed by atoms with Crippen molar-refractivity contribution >= 4 is 23.9 Å². The van der Waals surface area contributed by atoms with Crippen LogP contribution in [0, 0.1) is 11.8 Å². The van der Waals surface area contributed by atoms with Crippen LogP contribution in [0.3, 0.4) is 0 Å². The van der Waals surface area contributed by atoms with Gasteiger partial charge in [-0.25, -0.2) is 19.8 Å². The molecular formula is C20H31N5O5. The molecule has 3 rings (SSSR count). The molecule has 2 unspecified atom stereocenters. The Bertz CT molecular complexity index is 704. The largest absolute Gasteiger partial charge is 0.465 e. The average Bonchev–Trinajstić information content (AvgIpc) is 3.31. The van der Waals surface area contributed by atoms with Gasteiger partial charge in [0.25, 0.3) is 0 Å². The summed E-state index contributed by atoms with van der Waals surface area (Å²) in [6.07, 6.45) is 4.92. The second kappa shape index (κ2) is 9.82. The Morgan fingerprint density at radius 1 is 1.23 bits per heavy atom. The SMILES string of the molecule is C=CCOC(=O)N1C/C(=N\NC(=O)NCC2CCC(C)CC2)C2C1CCN2C(=O)O. The van der Waals surface area contributed by atoms with Gasteiger partial charge in [0.05, 0.1) is 24.3 Å². The zero-order valence-corrected chi connectivity index (χ0v) is 17.4. The van der Waals surface area contributed by atoms with Crippen LogP contribution in [0.25, 0.3) is 0 Å². The number of carbonyl (C=O) groups excluding carboxylic acids is 2. The highest BCUT2D eigenvalue weighted by atomic mass is 16.6. The Morgan fingerprint density at radius 3 is 2.63 bits per heavy atom. The summed E-state index contributed by atoms with van der Waals surface area (Å²) >= 11 is 0. The maximum absolute atomic E-state index is 12.3. The molecule has 1 aliphatic carbocycles. The highest BCUT2D eigenvalue weighted by Crippen LogP contribution is 2.31. The van der Waals surface area contributed by atoms with E-state index >= 15 is 0 Å². The number of nitrogens with zero attached hydrogens (tertiary/aromatic N) is 3. The van der Waals surface area contributed by atoms with Crippen molar-refractivity contribution in [3.8, 4) is 0 Å². The number of hydrogen-bond acceptors (Lipinski definition) is 5. The molecule has 3 N–H and O–H groups in total. The fourth-order valence-electron chi connectivity index (χ4n) is 4.55. The number of hydrogen-bond donors (Lipinski definition) is 3. The van der Waals surface area contributed by atoms with Crippen molar-refractivity contribution in [1.29, 1.82) is 0 Å². The number of ether oxygens (including phenoxy) is 1. The van der Waals surface area contributed by atoms with Crippen molar-refractivity contribution in [2.45, 2.75) is 51.1 Å². The first kappa shape index (κ1) is 21.9. The monoisotopic (exact) mass is 421 g/mol. The number of urea groups is 1. The van der Waals surface area contributed by atoms with Gasteiger partial charge >= 0.3 is 18.2 Å². The highest BCUT2D eigenvalue weighted by Gasteiger charge is 2.51. The van der Waals surface area contributed by atoms with Gasteiger partial charge in [-0.05, 0) is 31.1 Å². The van der Waals surface area contributed by atoms with Crippen LogP contribution >= 0.6 is 0 Å². The molecule has 10 heteroatoms. The minimum absolute atomic E-state index is 0.0719. The number of carbonyl (C=O) groups is 3. The lowest BCUT2D eigenvalue weighted by Crippen LogP contribution is -2.44. The molecule has 10 nitrogen and oxygen atoms in total. The molecule has 1 saturated carbocycles. The number of rotatable bonds is 5. The van der Waals surface area contributed by atoms with Gasteiger partial charge in [-0.15, -0.1) is 0 Å². The quantitative estimate of drug-likeness (QED) is 0.464. The molecule has 2 atom stereocenters. The molecule has 2 aliphatic heterocycles. The summed E-state index contributed by atoms with van der Waals surface area (Å²) in [4.78, 5) is 38.9. The van der Waals surface area contributed by atoms with Crippen molar-refractivity contribution in [2.75, 3.05) is 26.2 Å². The zero-order valence-electron chi connectivity index (χ0n) is 17.4. The van der Waals surface area contributed by atoms with Crippen LogP contribution in [0.15, 0.2) is 17.8 Å². The van der Waals surface area contributed by atoms with Gasteiger partial charge in [0, 0.05) is 13.1 Å². The summed E-state index contributed by atoms with van der Waals surface area (Å²) in [5, 5.41) is 16.5. The third kappa shape index (κ3) is 5.03. The molecule has 166 valence electrons. The fraction of sp³-hybridized carbons (Fsp3) is 0.700. The Kier molecular flexibility index (Phi) is 7.17. The van der Waals surface area contributed by atoms with Crippen molar-refractivity contribution in [2.24, 2.45) is 16.9 Å². The van der Waals surface area contributed by atoms with Gasteiger partial charge in [-0.3, -0.25) is 9.80 Å². The number of amides is 4. The number of fused-ring (bicyclic) bond motifs is 1. The molecular weight excluding hydrogens is 390 g/mol. The minimum atomic E-state index is -1.08. The lowest BCUT2D eigenvalue weighted by molar-refractivity contribution is 0.105. The van der Waals surface area contributed by atoms with Crippen molar-refractivity contribution < 1.29 is 24.2 Å². The average molecular weight is 421 g/mol. The van der Waals surface area contributed by atoms with Crippen LogP contribution in [-0.2, 0) is 4.74 Å². The summed E-state index contributed by atoms with van der Waals surface area (Å²) in [6, 6.07) is -1.37. The Labute approximate surface area is 176 Å². The smallest absolute Gasteiger partial charge is 0.410 e. The van der Waals surface area contributed by atoms with Gasteiger partial charge in [0.2, 0.25) is 0 Å². The van der Waals surface area contributed by atoms with E-state index in [0.717, 1.165) is 18.8 Å². The maximum Gasteiger partial charge on any atom is 0.410 e. The molecule has 2 heterocycles. The lowest BCUT2D eigenvalue weighted by atomic mass is 9.83. The summed E-state index contributed by atoms with van der Waals surface area (Å²) in [5.41, 5.74) is 2.90. The maximum atomic E-state index is 12.3. The first-order valence-corrected chi connectivity index (χ1v) is 10.5. The van der Waals surface area contributed by atoms with Crippen molar-refractivity contribution in [3.63, 3.8) is 0 Å². The predicted molar refractivity (Wildman–Crippen MR) is 110 cm³/mol. The molecule has 3 fully saturated rings. The standard InChI is InChI=1S/C20H31N5O5/c1-3-10-30-20(29)25-12-15(17-16(25)8-9-24(17)19(27)28)22-23-18(26)21-11-14-6-4-13(2)5-7-14/h3,13-14,16-17H,1,4-12H2,2H3,(H,27,28)(H2,21,23,26)/b22-15+. The highest BCUT2D eigenvalue weighted by molar-refractivity contribution is 5.99. The van der Waals surface area contributed by atoms with Gasteiger partial charge in [0.1, 0.15) is 6.61 Å². The van der Waals surface area contributed by atoms with E-state index in [1.165, 1.54) is 28.7 Å². The van der Waals surface area contributed by atoms with E-state index in [4.69, 9.17) is 4.74 Å². The van der Waals surface area contributed by atoms with Gasteiger partial charge < -0.3 is 15.2 Å². The first-order chi connectivity index (χ1) is 14.4. The van der Waals surface area contributed by atoms with E-state index in [2.05, 4.69) is 29.3 Å². The fourth-order valence-corrected chi connectivity index (χ4v) is 4.55. The molecule has 3 aliphatic rings. The lowest BCUT2D eigenvalue weighted by Gasteiger charge is -2.26. The number of likely N-dealkylation sites (tertiary alicyclic amines) is 2. The van der Waals surface area contributed by atoms with Crippen LogP contribution in [0.1, 0.15) is 39.0 Å². The van der Waals surface area contributed by atoms with E-state index in [0.29, 0.717) is 31.1 Å². The normalized spacial score (nSPS) is 29.4. The molecule has 0 radical (unpaired) electrons. The molecule has 0 bridgehead atoms. The van der Waals surface area contributed by atoms with Crippen LogP contribution in [0.2, 0.25) is 0 Å². The summed E-state index contributed by atoms with van der Waals surface area (Å²) in [6.45, 7) is 6.84. The molecule has 2 saturated heterocycles. The minimum Gasteiger partial charge on any atom is -0.465 e. The molecule has 0 aromatic rings. The predicted octanol–water partition coefficient (Wildman–Crippen LogP) is 2.23. The van der Waals surface area contributed by atoms with Gasteiger partial charge in [-0.1, -0.05) is 32.4 Å². The molecule has 4 amide bonds. The van der Waals surface area contributed by atoms with Crippen LogP contribution in [-0.4, -0.2) is 77.2 Å². The number of hydrazone groups is 1. The third-order valence-corrected chi connectivity index (χ3v) is 6.23. The Morgan fingerprint density at radius 2 is 1.97 bits per heavy atom. The molecule has 0 aromatic heterocycles. The summed E-state index contributed by atoms with van der Waals surface area (Å²) in [7, 11) is 0. The zero-order chi connectivity index (χ0) is 21.7. The molecule has 0 spiro atoms. The molecule has 30 heavy (non-hydrogen) atoms. The van der Waals surface area contributed by atoms with Crippen molar-refractivity contribution in [3.05, 3.63) is 12.7 Å². The Hall–Kier alpha value is -2.78. The second-order valence-electron chi connectivity index (χ2n) is 8.32. The molecule has 0 aromatic carbocycles. The van der Waals surface area contributed by atoms with Gasteiger partial charge in [-0.2, -0.15) is 5.10 Å². The third-order valence-electron chi connectivity index (χ3n) is 6.23. The van der Waals surface area contributed by atoms with Crippen LogP contribution in [0.4, 0.5) is 14.4 Å². The van der Waals surface area contributed by atoms with Gasteiger partial charge in [0.15, 0.2) is 0 Å². The summed E-state index contributed by atoms with van der Waals surface area (Å²) < 4.78 is 5.11. The topological polar surface area (TPSA) is 124 Å². The van der Waals surface area contributed by atoms with Crippen LogP contribution in [0.5, 0.6) is 0 Å². The number of carboxylic acid groups (broad SMARTS) is 1. The van der Waals surface area contributed by atoms with E-state index in [9.17, 15) is 19.5 Å². The number of nitrogens with one attached hydrogen (secondary N) is 2. The van der Waals surface area contributed by atoms with E-state index in [1.807, 2.05) is 0 Å². The van der Waals surface area contributed by atoms with E-state index in [-0.39, 0.29) is 19.2 Å². The van der Waals surface area contributed by atoms with E-state index in [1.54, 1.807) is 0 Å². The first-order valence-electron chi connectivity index (χ1n) is 10.5. The van der Waals surface area contributed by atoms with E-state index < -0.39 is 24.3 Å².